The third kappa shape index (κ3) is 4.85. The minimum atomic E-state index is -0.638. The van der Waals surface area contributed by atoms with Crippen molar-refractivity contribution in [2.24, 2.45) is 0 Å². The molecule has 26 heavy (non-hydrogen) atoms. The summed E-state index contributed by atoms with van der Waals surface area (Å²) < 4.78 is 20.0. The number of nitrogens with one attached hydrogen (secondary N) is 1. The zero-order chi connectivity index (χ0) is 19.1. The summed E-state index contributed by atoms with van der Waals surface area (Å²) >= 11 is 0. The predicted octanol–water partition coefficient (Wildman–Crippen LogP) is 1.86. The van der Waals surface area contributed by atoms with Crippen LogP contribution in [-0.4, -0.2) is 38.6 Å². The summed E-state index contributed by atoms with van der Waals surface area (Å²) in [4.78, 5) is 35.2. The summed E-state index contributed by atoms with van der Waals surface area (Å²) in [5.74, 6) is -0.281. The first-order valence-corrected chi connectivity index (χ1v) is 7.70. The molecule has 1 amide bonds. The van der Waals surface area contributed by atoms with Crippen LogP contribution in [0.1, 0.15) is 32.2 Å². The van der Waals surface area contributed by atoms with Crippen LogP contribution < -0.4 is 10.1 Å². The lowest BCUT2D eigenvalue weighted by Gasteiger charge is -2.06. The minimum Gasteiger partial charge on any atom is -0.497 e. The molecule has 0 saturated heterocycles. The average Bonchev–Trinajstić information content (AvgIpc) is 3.04. The Kier molecular flexibility index (Phi) is 6.37. The Bertz CT molecular complexity index is 792. The second kappa shape index (κ2) is 8.70. The Morgan fingerprint density at radius 1 is 1.12 bits per heavy atom. The quantitative estimate of drug-likeness (QED) is 0.751. The predicted molar refractivity (Wildman–Crippen MR) is 89.9 cm³/mol. The van der Waals surface area contributed by atoms with Gasteiger partial charge in [0.2, 0.25) is 0 Å². The number of amides is 1. The lowest BCUT2D eigenvalue weighted by atomic mass is 10.2. The first kappa shape index (κ1) is 19.0. The Balaban J connectivity index is 1.81. The maximum Gasteiger partial charge on any atom is 0.341 e. The van der Waals surface area contributed by atoms with E-state index in [1.807, 2.05) is 0 Å². The lowest BCUT2D eigenvalue weighted by Crippen LogP contribution is -2.30. The lowest BCUT2D eigenvalue weighted by molar-refractivity contribution is -0.144. The number of methoxy groups -OCH3 is 2. The van der Waals surface area contributed by atoms with Crippen LogP contribution in [0.15, 0.2) is 34.7 Å². The molecule has 0 aliphatic heterocycles. The first-order chi connectivity index (χ1) is 12.4. The van der Waals surface area contributed by atoms with Gasteiger partial charge in [-0.25, -0.2) is 4.79 Å². The van der Waals surface area contributed by atoms with Crippen molar-refractivity contribution in [2.75, 3.05) is 20.8 Å². The molecule has 138 valence electrons. The second-order valence-corrected chi connectivity index (χ2v) is 5.25. The molecule has 0 atom stereocenters. The molecule has 2 aromatic rings. The Labute approximate surface area is 150 Å². The summed E-state index contributed by atoms with van der Waals surface area (Å²) in [5.41, 5.74) is 0.661. The molecule has 8 nitrogen and oxygen atoms in total. The van der Waals surface area contributed by atoms with Gasteiger partial charge in [0.25, 0.3) is 5.91 Å². The monoisotopic (exact) mass is 361 g/mol. The van der Waals surface area contributed by atoms with E-state index < -0.39 is 17.8 Å². The van der Waals surface area contributed by atoms with E-state index in [0.29, 0.717) is 22.8 Å². The average molecular weight is 361 g/mol. The van der Waals surface area contributed by atoms with Crippen LogP contribution in [0, 0.1) is 6.92 Å². The fraction of sp³-hybridized carbons (Fsp3) is 0.278. The van der Waals surface area contributed by atoms with Crippen molar-refractivity contribution >= 4 is 17.8 Å². The van der Waals surface area contributed by atoms with Crippen molar-refractivity contribution in [3.8, 4) is 5.75 Å². The van der Waals surface area contributed by atoms with Gasteiger partial charge in [-0.15, -0.1) is 0 Å². The van der Waals surface area contributed by atoms with E-state index >= 15 is 0 Å². The van der Waals surface area contributed by atoms with E-state index in [1.165, 1.54) is 20.3 Å². The normalized spacial score (nSPS) is 10.1. The van der Waals surface area contributed by atoms with E-state index in [1.54, 1.807) is 31.2 Å². The summed E-state index contributed by atoms with van der Waals surface area (Å²) in [6, 6.07) is 7.90. The van der Waals surface area contributed by atoms with E-state index in [9.17, 15) is 14.4 Å². The number of esters is 2. The summed E-state index contributed by atoms with van der Waals surface area (Å²) in [5, 5.41) is 2.46. The molecule has 0 saturated carbocycles. The molecule has 1 aromatic heterocycles. The van der Waals surface area contributed by atoms with Crippen molar-refractivity contribution in [1.29, 1.82) is 0 Å². The Hall–Kier alpha value is -3.29. The van der Waals surface area contributed by atoms with Crippen LogP contribution >= 0.6 is 0 Å². The fourth-order valence-electron chi connectivity index (χ4n) is 2.13. The highest BCUT2D eigenvalue weighted by atomic mass is 16.5. The van der Waals surface area contributed by atoms with Crippen molar-refractivity contribution in [3.05, 3.63) is 53.0 Å². The van der Waals surface area contributed by atoms with Gasteiger partial charge >= 0.3 is 11.9 Å². The van der Waals surface area contributed by atoms with Crippen molar-refractivity contribution in [2.45, 2.75) is 13.5 Å². The number of carbonyl (C=O) groups is 3. The van der Waals surface area contributed by atoms with Gasteiger partial charge in [-0.1, -0.05) is 0 Å². The van der Waals surface area contributed by atoms with Gasteiger partial charge in [0.15, 0.2) is 0 Å². The largest absolute Gasteiger partial charge is 0.497 e. The number of ether oxygens (including phenoxy) is 3. The second-order valence-electron chi connectivity index (χ2n) is 5.25. The van der Waals surface area contributed by atoms with Gasteiger partial charge in [-0.2, -0.15) is 0 Å². The zero-order valence-corrected chi connectivity index (χ0v) is 14.7. The number of hydrogen-bond acceptors (Lipinski definition) is 7. The smallest absolute Gasteiger partial charge is 0.341 e. The summed E-state index contributed by atoms with van der Waals surface area (Å²) in [7, 11) is 2.79. The van der Waals surface area contributed by atoms with Crippen LogP contribution in [-0.2, 0) is 20.9 Å². The van der Waals surface area contributed by atoms with Crippen LogP contribution in [0.5, 0.6) is 5.75 Å². The minimum absolute atomic E-state index is 0.158. The van der Waals surface area contributed by atoms with Gasteiger partial charge in [0.05, 0.1) is 14.2 Å². The molecule has 0 aliphatic rings. The van der Waals surface area contributed by atoms with E-state index in [4.69, 9.17) is 13.9 Å². The Morgan fingerprint density at radius 3 is 2.42 bits per heavy atom. The number of benzene rings is 1. The molecule has 0 unspecified atom stereocenters. The molecular formula is C18H19NO7. The molecular weight excluding hydrogens is 342 g/mol. The molecule has 1 heterocycles. The highest BCUT2D eigenvalue weighted by Gasteiger charge is 2.16. The highest BCUT2D eigenvalue weighted by molar-refractivity contribution is 5.96. The molecule has 2 rings (SSSR count). The topological polar surface area (TPSA) is 104 Å². The van der Waals surface area contributed by atoms with E-state index in [-0.39, 0.29) is 18.7 Å². The van der Waals surface area contributed by atoms with Gasteiger partial charge in [-0.05, 0) is 37.3 Å². The van der Waals surface area contributed by atoms with Crippen LogP contribution in [0.4, 0.5) is 0 Å². The van der Waals surface area contributed by atoms with E-state index in [0.717, 1.165) is 0 Å². The van der Waals surface area contributed by atoms with Crippen molar-refractivity contribution < 1.29 is 33.0 Å². The number of rotatable bonds is 7. The third-order valence-corrected chi connectivity index (χ3v) is 3.50. The molecule has 1 N–H and O–H groups in total. The number of carbonyl (C=O) groups excluding carboxylic acids is 3. The standard InChI is InChI=1S/C18H19NO7/c1-11-15(18(22)24-3)8-14(26-11)10-25-16(20)9-19-17(21)12-4-6-13(23-2)7-5-12/h4-8H,9-10H2,1-3H3,(H,19,21). The maximum atomic E-state index is 11.9. The third-order valence-electron chi connectivity index (χ3n) is 3.50. The molecule has 0 fully saturated rings. The summed E-state index contributed by atoms with van der Waals surface area (Å²) in [6.07, 6.45) is 0. The highest BCUT2D eigenvalue weighted by Crippen LogP contribution is 2.16. The van der Waals surface area contributed by atoms with Crippen molar-refractivity contribution in [3.63, 3.8) is 0 Å². The first-order valence-electron chi connectivity index (χ1n) is 7.70. The van der Waals surface area contributed by atoms with E-state index in [2.05, 4.69) is 10.1 Å². The molecule has 0 radical (unpaired) electrons. The van der Waals surface area contributed by atoms with Crippen LogP contribution in [0.2, 0.25) is 0 Å². The van der Waals surface area contributed by atoms with Gasteiger partial charge in [-0.3, -0.25) is 9.59 Å². The van der Waals surface area contributed by atoms with Gasteiger partial charge < -0.3 is 23.9 Å². The Morgan fingerprint density at radius 2 is 1.81 bits per heavy atom. The number of furan rings is 1. The van der Waals surface area contributed by atoms with Gasteiger partial charge in [0, 0.05) is 5.56 Å². The summed E-state index contributed by atoms with van der Waals surface area (Å²) in [6.45, 7) is 1.15. The van der Waals surface area contributed by atoms with Crippen LogP contribution in [0.3, 0.4) is 0 Å². The maximum absolute atomic E-state index is 11.9. The molecule has 1 aromatic carbocycles. The molecule has 0 aliphatic carbocycles. The fourth-order valence-corrected chi connectivity index (χ4v) is 2.13. The zero-order valence-electron chi connectivity index (χ0n) is 14.7. The van der Waals surface area contributed by atoms with Gasteiger partial charge in [0.1, 0.15) is 36.0 Å². The number of aryl methyl sites for hydroxylation is 1. The molecule has 8 heteroatoms. The van der Waals surface area contributed by atoms with Crippen LogP contribution in [0.25, 0.3) is 0 Å². The number of hydrogen-bond donors (Lipinski definition) is 1. The molecule has 0 spiro atoms. The SMILES string of the molecule is COC(=O)c1cc(COC(=O)CNC(=O)c2ccc(OC)cc2)oc1C. The molecule has 0 bridgehead atoms. The van der Waals surface area contributed by atoms with Crippen molar-refractivity contribution in [1.82, 2.24) is 5.32 Å².